The van der Waals surface area contributed by atoms with Gasteiger partial charge < -0.3 is 9.47 Å². The first-order valence-electron chi connectivity index (χ1n) is 9.09. The van der Waals surface area contributed by atoms with Crippen molar-refractivity contribution in [1.82, 2.24) is 0 Å². The second kappa shape index (κ2) is 12.0. The maximum absolute atomic E-state index is 11.3. The van der Waals surface area contributed by atoms with Crippen LogP contribution in [0.3, 0.4) is 0 Å². The van der Waals surface area contributed by atoms with Crippen molar-refractivity contribution in [3.63, 3.8) is 0 Å². The average molecular weight is 298 g/mol. The first kappa shape index (κ1) is 18.5. The van der Waals surface area contributed by atoms with Gasteiger partial charge in [-0.05, 0) is 25.7 Å². The Balaban J connectivity index is 1.83. The monoisotopic (exact) mass is 298 g/mol. The van der Waals surface area contributed by atoms with Gasteiger partial charge in [0.15, 0.2) is 0 Å². The van der Waals surface area contributed by atoms with E-state index in [-0.39, 0.29) is 5.97 Å². The molecular formula is C18H34O3. The number of unbranched alkanes of at least 4 members (excludes halogenated alkanes) is 6. The van der Waals surface area contributed by atoms with Gasteiger partial charge in [-0.25, -0.2) is 0 Å². The highest BCUT2D eigenvalue weighted by atomic mass is 16.6. The molecule has 0 radical (unpaired) electrons. The molecule has 21 heavy (non-hydrogen) atoms. The van der Waals surface area contributed by atoms with E-state index in [1.54, 1.807) is 0 Å². The van der Waals surface area contributed by atoms with Crippen LogP contribution in [0.1, 0.15) is 90.9 Å². The smallest absolute Gasteiger partial charge is 0.305 e. The average Bonchev–Trinajstić information content (AvgIpc) is 3.22. The van der Waals surface area contributed by atoms with Crippen molar-refractivity contribution >= 4 is 5.97 Å². The van der Waals surface area contributed by atoms with E-state index in [1.807, 2.05) is 6.92 Å². The summed E-state index contributed by atoms with van der Waals surface area (Å²) in [5.41, 5.74) is 0. The molecule has 0 saturated carbocycles. The summed E-state index contributed by atoms with van der Waals surface area (Å²) in [7, 11) is 0. The van der Waals surface area contributed by atoms with Gasteiger partial charge in [-0.3, -0.25) is 4.79 Å². The van der Waals surface area contributed by atoms with Crippen molar-refractivity contribution in [2.24, 2.45) is 0 Å². The zero-order valence-electron chi connectivity index (χ0n) is 14.1. The summed E-state index contributed by atoms with van der Waals surface area (Å²) in [6.45, 7) is 4.83. The molecule has 0 N–H and O–H groups in total. The molecule has 0 bridgehead atoms. The zero-order chi connectivity index (χ0) is 15.3. The Kier molecular flexibility index (Phi) is 10.6. The molecule has 1 aliphatic rings. The fourth-order valence-electron chi connectivity index (χ4n) is 2.73. The molecule has 1 heterocycles. The molecule has 2 atom stereocenters. The number of hydrogen-bond donors (Lipinski definition) is 0. The van der Waals surface area contributed by atoms with Crippen LogP contribution in [0, 0.1) is 0 Å². The molecule has 0 spiro atoms. The predicted molar refractivity (Wildman–Crippen MR) is 86.4 cm³/mol. The zero-order valence-corrected chi connectivity index (χ0v) is 14.1. The maximum Gasteiger partial charge on any atom is 0.305 e. The van der Waals surface area contributed by atoms with Crippen LogP contribution in [0.15, 0.2) is 0 Å². The molecule has 0 aromatic carbocycles. The molecule has 0 amide bonds. The van der Waals surface area contributed by atoms with Crippen molar-refractivity contribution < 1.29 is 14.3 Å². The van der Waals surface area contributed by atoms with Crippen LogP contribution >= 0.6 is 0 Å². The molecule has 0 aromatic heterocycles. The Hall–Kier alpha value is -0.570. The Bertz CT molecular complexity index is 265. The first-order valence-corrected chi connectivity index (χ1v) is 9.09. The fourth-order valence-corrected chi connectivity index (χ4v) is 2.73. The van der Waals surface area contributed by atoms with Crippen LogP contribution in [0.5, 0.6) is 0 Å². The molecule has 0 aliphatic carbocycles. The summed E-state index contributed by atoms with van der Waals surface area (Å²) in [4.78, 5) is 11.3. The summed E-state index contributed by atoms with van der Waals surface area (Å²) >= 11 is 0. The van der Waals surface area contributed by atoms with Crippen LogP contribution in [-0.2, 0) is 14.3 Å². The van der Waals surface area contributed by atoms with Crippen LogP contribution < -0.4 is 0 Å². The highest BCUT2D eigenvalue weighted by molar-refractivity contribution is 5.69. The minimum absolute atomic E-state index is 0.0545. The number of hydrogen-bond acceptors (Lipinski definition) is 3. The minimum Gasteiger partial charge on any atom is -0.466 e. The summed E-state index contributed by atoms with van der Waals surface area (Å²) in [6.07, 6.45) is 15.0. The minimum atomic E-state index is -0.0545. The molecule has 3 heteroatoms. The van der Waals surface area contributed by atoms with E-state index in [4.69, 9.17) is 9.47 Å². The third-order valence-electron chi connectivity index (χ3n) is 4.12. The van der Waals surface area contributed by atoms with E-state index >= 15 is 0 Å². The van der Waals surface area contributed by atoms with E-state index in [2.05, 4.69) is 6.92 Å². The molecule has 3 nitrogen and oxygen atoms in total. The number of esters is 1. The Morgan fingerprint density at radius 1 is 0.857 bits per heavy atom. The predicted octanol–water partition coefficient (Wildman–Crippen LogP) is 5.02. The van der Waals surface area contributed by atoms with Crippen molar-refractivity contribution in [2.75, 3.05) is 6.61 Å². The van der Waals surface area contributed by atoms with E-state index in [0.29, 0.717) is 25.2 Å². The summed E-state index contributed by atoms with van der Waals surface area (Å²) in [6, 6.07) is 0. The van der Waals surface area contributed by atoms with E-state index in [1.165, 1.54) is 51.4 Å². The van der Waals surface area contributed by atoms with Gasteiger partial charge in [0.05, 0.1) is 18.8 Å². The topological polar surface area (TPSA) is 38.8 Å². The fraction of sp³-hybridized carbons (Fsp3) is 0.944. The SMILES string of the molecule is CCCCCCCCCC1OC1CCCC(=O)OCCC. The molecule has 0 aromatic rings. The normalized spacial score (nSPS) is 20.5. The van der Waals surface area contributed by atoms with Crippen LogP contribution in [0.4, 0.5) is 0 Å². The molecule has 1 aliphatic heterocycles. The largest absolute Gasteiger partial charge is 0.466 e. The van der Waals surface area contributed by atoms with Gasteiger partial charge in [0.2, 0.25) is 0 Å². The molecule has 1 saturated heterocycles. The Morgan fingerprint density at radius 2 is 1.48 bits per heavy atom. The standard InChI is InChI=1S/C18H34O3/c1-3-5-6-7-8-9-10-12-16-17(21-16)13-11-14-18(19)20-15-4-2/h16-17H,3-15H2,1-2H3. The van der Waals surface area contributed by atoms with Crippen molar-refractivity contribution in [2.45, 2.75) is 103 Å². The van der Waals surface area contributed by atoms with Gasteiger partial charge in [0, 0.05) is 6.42 Å². The molecule has 124 valence electrons. The Morgan fingerprint density at radius 3 is 2.14 bits per heavy atom. The molecule has 1 fully saturated rings. The van der Waals surface area contributed by atoms with Gasteiger partial charge in [0.1, 0.15) is 0 Å². The summed E-state index contributed by atoms with van der Waals surface area (Å²) in [5.74, 6) is -0.0545. The highest BCUT2D eigenvalue weighted by Crippen LogP contribution is 2.31. The van der Waals surface area contributed by atoms with Crippen molar-refractivity contribution in [1.29, 1.82) is 0 Å². The molecule has 2 unspecified atom stereocenters. The molecule has 1 rings (SSSR count). The number of carbonyl (C=O) groups is 1. The van der Waals surface area contributed by atoms with Crippen LogP contribution in [0.25, 0.3) is 0 Å². The summed E-state index contributed by atoms with van der Waals surface area (Å²) < 4.78 is 10.7. The van der Waals surface area contributed by atoms with Crippen LogP contribution in [-0.4, -0.2) is 24.8 Å². The number of rotatable bonds is 14. The van der Waals surface area contributed by atoms with Crippen LogP contribution in [0.2, 0.25) is 0 Å². The van der Waals surface area contributed by atoms with Gasteiger partial charge >= 0.3 is 5.97 Å². The summed E-state index contributed by atoms with van der Waals surface area (Å²) in [5, 5.41) is 0. The van der Waals surface area contributed by atoms with Crippen molar-refractivity contribution in [3.8, 4) is 0 Å². The van der Waals surface area contributed by atoms with Crippen molar-refractivity contribution in [3.05, 3.63) is 0 Å². The van der Waals surface area contributed by atoms with Gasteiger partial charge in [0.25, 0.3) is 0 Å². The van der Waals surface area contributed by atoms with Gasteiger partial charge in [-0.1, -0.05) is 58.8 Å². The lowest BCUT2D eigenvalue weighted by Gasteiger charge is -2.02. The Labute approximate surface area is 130 Å². The third-order valence-corrected chi connectivity index (χ3v) is 4.12. The van der Waals surface area contributed by atoms with E-state index in [0.717, 1.165) is 19.3 Å². The van der Waals surface area contributed by atoms with Gasteiger partial charge in [-0.2, -0.15) is 0 Å². The lowest BCUT2D eigenvalue weighted by Crippen LogP contribution is -2.05. The number of epoxide rings is 1. The number of carbonyl (C=O) groups excluding carboxylic acids is 1. The lowest BCUT2D eigenvalue weighted by atomic mass is 10.0. The van der Waals surface area contributed by atoms with E-state index in [9.17, 15) is 4.79 Å². The second-order valence-electron chi connectivity index (χ2n) is 6.24. The lowest BCUT2D eigenvalue weighted by molar-refractivity contribution is -0.143. The third kappa shape index (κ3) is 9.89. The number of ether oxygens (including phenoxy) is 2. The first-order chi connectivity index (χ1) is 10.3. The second-order valence-corrected chi connectivity index (χ2v) is 6.24. The maximum atomic E-state index is 11.3. The van der Waals surface area contributed by atoms with E-state index < -0.39 is 0 Å². The highest BCUT2D eigenvalue weighted by Gasteiger charge is 2.37. The van der Waals surface area contributed by atoms with Gasteiger partial charge in [-0.15, -0.1) is 0 Å². The quantitative estimate of drug-likeness (QED) is 0.257. The molecular weight excluding hydrogens is 264 g/mol.